The predicted molar refractivity (Wildman–Crippen MR) is 177 cm³/mol. The molecule has 1 fully saturated rings. The van der Waals surface area contributed by atoms with Crippen molar-refractivity contribution in [3.63, 3.8) is 0 Å². The van der Waals surface area contributed by atoms with Crippen molar-refractivity contribution < 1.29 is 33.3 Å². The largest absolute Gasteiger partial charge is 0.496 e. The van der Waals surface area contributed by atoms with Crippen molar-refractivity contribution in [2.45, 2.75) is 98.1 Å². The lowest BCUT2D eigenvalue weighted by Crippen LogP contribution is -2.49. The maximum atomic E-state index is 13.2. The smallest absolute Gasteiger partial charge is 0.419 e. The van der Waals surface area contributed by atoms with Gasteiger partial charge < -0.3 is 23.8 Å². The third-order valence-corrected chi connectivity index (χ3v) is 8.21. The van der Waals surface area contributed by atoms with Gasteiger partial charge in [-0.15, -0.1) is 0 Å². The van der Waals surface area contributed by atoms with E-state index in [1.807, 2.05) is 84.6 Å². The maximum absolute atomic E-state index is 13.2. The molecule has 250 valence electrons. The highest BCUT2D eigenvalue weighted by molar-refractivity contribution is 5.95. The van der Waals surface area contributed by atoms with Crippen molar-refractivity contribution in [2.24, 2.45) is 0 Å². The molecule has 0 N–H and O–H groups in total. The maximum Gasteiger partial charge on any atom is 0.419 e. The molecule has 2 aromatic carbocycles. The number of carbonyl (C=O) groups is 3. The Kier molecular flexibility index (Phi) is 10.4. The summed E-state index contributed by atoms with van der Waals surface area (Å²) in [4.78, 5) is 42.8. The van der Waals surface area contributed by atoms with Gasteiger partial charge in [-0.3, -0.25) is 9.47 Å². The summed E-state index contributed by atoms with van der Waals surface area (Å²) in [6.07, 6.45) is 2.41. The highest BCUT2D eigenvalue weighted by Gasteiger charge is 2.36. The number of likely N-dealkylation sites (tertiary alicyclic amines) is 1. The van der Waals surface area contributed by atoms with Gasteiger partial charge in [0.05, 0.1) is 25.3 Å². The van der Waals surface area contributed by atoms with E-state index in [-0.39, 0.29) is 18.2 Å². The van der Waals surface area contributed by atoms with Gasteiger partial charge in [-0.05, 0) is 104 Å². The Morgan fingerprint density at radius 1 is 0.957 bits per heavy atom. The molecule has 0 saturated carbocycles. The summed E-state index contributed by atoms with van der Waals surface area (Å²) in [7, 11) is 3.02. The normalized spacial score (nSPS) is 17.4. The molecule has 0 spiro atoms. The molecule has 2 atom stereocenters. The number of aromatic nitrogens is 1. The monoisotopic (exact) mass is 635 g/mol. The molecule has 1 saturated heterocycles. The lowest BCUT2D eigenvalue weighted by molar-refractivity contribution is 0.00180. The molecule has 1 aliphatic heterocycles. The summed E-state index contributed by atoms with van der Waals surface area (Å²) in [5.74, 6) is 0.339. The van der Waals surface area contributed by atoms with Gasteiger partial charge in [0.2, 0.25) is 0 Å². The van der Waals surface area contributed by atoms with Gasteiger partial charge >= 0.3 is 18.2 Å². The minimum Gasteiger partial charge on any atom is -0.496 e. The number of fused-ring (bicyclic) bond motifs is 1. The van der Waals surface area contributed by atoms with Crippen LogP contribution in [0.2, 0.25) is 0 Å². The first-order chi connectivity index (χ1) is 21.6. The summed E-state index contributed by atoms with van der Waals surface area (Å²) in [5, 5.41) is 0.911. The predicted octanol–water partition coefficient (Wildman–Crippen LogP) is 7.49. The number of hydrogen-bond donors (Lipinski definition) is 0. The van der Waals surface area contributed by atoms with Crippen LogP contribution < -0.4 is 4.74 Å². The molecule has 0 bridgehead atoms. The van der Waals surface area contributed by atoms with Gasteiger partial charge in [0.15, 0.2) is 0 Å². The highest BCUT2D eigenvalue weighted by atomic mass is 16.6. The van der Waals surface area contributed by atoms with Gasteiger partial charge in [-0.25, -0.2) is 14.4 Å². The zero-order valence-electron chi connectivity index (χ0n) is 28.9. The van der Waals surface area contributed by atoms with Gasteiger partial charge in [-0.1, -0.05) is 12.1 Å². The third kappa shape index (κ3) is 7.84. The second-order valence-electron chi connectivity index (χ2n) is 13.8. The fourth-order valence-corrected chi connectivity index (χ4v) is 6.21. The van der Waals surface area contributed by atoms with Crippen LogP contribution in [-0.4, -0.2) is 77.1 Å². The van der Waals surface area contributed by atoms with Crippen LogP contribution in [0.3, 0.4) is 0 Å². The van der Waals surface area contributed by atoms with Crippen molar-refractivity contribution in [3.8, 4) is 5.75 Å². The molecule has 4 rings (SSSR count). The Morgan fingerprint density at radius 2 is 1.61 bits per heavy atom. The number of nitrogens with zero attached hydrogens (tertiary/aromatic N) is 3. The topological polar surface area (TPSA) is 99.5 Å². The molecule has 2 heterocycles. The van der Waals surface area contributed by atoms with Crippen molar-refractivity contribution >= 4 is 29.1 Å². The first-order valence-corrected chi connectivity index (χ1v) is 15.9. The number of methoxy groups -OCH3 is 2. The first kappa shape index (κ1) is 34.8. The molecule has 0 aliphatic carbocycles. The first-order valence-electron chi connectivity index (χ1n) is 15.9. The van der Waals surface area contributed by atoms with Crippen molar-refractivity contribution in [2.75, 3.05) is 27.3 Å². The molecule has 1 aromatic heterocycles. The SMILES string of the molecule is CCN(C(=O)OC(C)(C)C)C1CCN(Cc2c(OC)cc(C)c3c2ccn3C(=O)OC(C)(C)C)C(c2ccc(C(=O)OC)cc2)C1. The zero-order chi connectivity index (χ0) is 34.0. The van der Waals surface area contributed by atoms with Crippen LogP contribution in [0.25, 0.3) is 10.9 Å². The Balaban J connectivity index is 1.74. The van der Waals surface area contributed by atoms with Crippen LogP contribution in [0, 0.1) is 6.92 Å². The third-order valence-electron chi connectivity index (χ3n) is 8.21. The summed E-state index contributed by atoms with van der Waals surface area (Å²) in [6, 6.07) is 11.2. The van der Waals surface area contributed by atoms with Crippen LogP contribution in [0.4, 0.5) is 9.59 Å². The lowest BCUT2D eigenvalue weighted by Gasteiger charge is -2.44. The second-order valence-corrected chi connectivity index (χ2v) is 13.8. The number of hydrogen-bond acceptors (Lipinski definition) is 8. The van der Waals surface area contributed by atoms with E-state index < -0.39 is 23.3 Å². The molecule has 1 amide bonds. The summed E-state index contributed by atoms with van der Waals surface area (Å²) >= 11 is 0. The molecule has 2 unspecified atom stereocenters. The zero-order valence-corrected chi connectivity index (χ0v) is 28.9. The van der Waals surface area contributed by atoms with E-state index in [0.717, 1.165) is 39.8 Å². The lowest BCUT2D eigenvalue weighted by atomic mass is 9.89. The number of benzene rings is 2. The Labute approximate surface area is 272 Å². The minimum atomic E-state index is -0.635. The number of aryl methyl sites for hydroxylation is 1. The Hall–Kier alpha value is -4.05. The summed E-state index contributed by atoms with van der Waals surface area (Å²) < 4.78 is 23.9. The van der Waals surface area contributed by atoms with E-state index in [4.69, 9.17) is 18.9 Å². The molecule has 0 radical (unpaired) electrons. The average Bonchev–Trinajstić information content (AvgIpc) is 3.43. The van der Waals surface area contributed by atoms with Gasteiger partial charge in [0.1, 0.15) is 17.0 Å². The molecular weight excluding hydrogens is 586 g/mol. The van der Waals surface area contributed by atoms with Crippen molar-refractivity contribution in [1.29, 1.82) is 0 Å². The summed E-state index contributed by atoms with van der Waals surface area (Å²) in [6.45, 7) is 16.9. The van der Waals surface area contributed by atoms with E-state index in [1.54, 1.807) is 30.0 Å². The molecule has 3 aromatic rings. The molecule has 1 aliphatic rings. The molecule has 10 nitrogen and oxygen atoms in total. The fraction of sp³-hybridized carbons (Fsp3) is 0.528. The minimum absolute atomic E-state index is 0.0467. The van der Waals surface area contributed by atoms with Gasteiger partial charge in [0.25, 0.3) is 0 Å². The van der Waals surface area contributed by atoms with Crippen LogP contribution in [0.1, 0.15) is 94.4 Å². The quantitative estimate of drug-likeness (QED) is 0.195. The Morgan fingerprint density at radius 3 is 2.17 bits per heavy atom. The van der Waals surface area contributed by atoms with Gasteiger partial charge in [0, 0.05) is 48.9 Å². The van der Waals surface area contributed by atoms with E-state index in [1.165, 1.54) is 7.11 Å². The van der Waals surface area contributed by atoms with Crippen LogP contribution in [-0.2, 0) is 20.8 Å². The molecule has 10 heteroatoms. The second kappa shape index (κ2) is 13.7. The standard InChI is InChI=1S/C36H49N3O7/c1-11-38(33(41)45-35(3,4)5)26-16-18-37(29(21-26)24-12-14-25(15-13-24)32(40)44-10)22-28-27-17-19-39(34(42)46-36(6,7)8)31(27)23(2)20-30(28)43-9/h12-15,17,19-20,26,29H,11,16,18,21-22H2,1-10H3. The number of amides is 1. The van der Waals surface area contributed by atoms with E-state index >= 15 is 0 Å². The van der Waals surface area contributed by atoms with Crippen molar-refractivity contribution in [3.05, 3.63) is 64.8 Å². The number of carbonyl (C=O) groups excluding carboxylic acids is 3. The number of rotatable bonds is 7. The van der Waals surface area contributed by atoms with Gasteiger partial charge in [-0.2, -0.15) is 0 Å². The Bertz CT molecular complexity index is 1560. The van der Waals surface area contributed by atoms with Crippen molar-refractivity contribution in [1.82, 2.24) is 14.4 Å². The fourth-order valence-electron chi connectivity index (χ4n) is 6.21. The van der Waals surface area contributed by atoms with E-state index in [0.29, 0.717) is 31.6 Å². The van der Waals surface area contributed by atoms with Crippen LogP contribution in [0.15, 0.2) is 42.6 Å². The van der Waals surface area contributed by atoms with Crippen LogP contribution in [0.5, 0.6) is 5.75 Å². The summed E-state index contributed by atoms with van der Waals surface area (Å²) in [5.41, 5.74) is 2.89. The van der Waals surface area contributed by atoms with E-state index in [9.17, 15) is 14.4 Å². The van der Waals surface area contributed by atoms with E-state index in [2.05, 4.69) is 4.90 Å². The number of ether oxygens (including phenoxy) is 4. The average molecular weight is 636 g/mol. The molecular formula is C36H49N3O7. The number of esters is 1. The molecule has 46 heavy (non-hydrogen) atoms. The highest BCUT2D eigenvalue weighted by Crippen LogP contribution is 2.39. The van der Waals surface area contributed by atoms with Crippen LogP contribution >= 0.6 is 0 Å². The number of piperidine rings is 1.